The molecule has 0 unspecified atom stereocenters. The Kier molecular flexibility index (Phi) is 4.99. The number of halogens is 1. The normalized spacial score (nSPS) is 10.2. The van der Waals surface area contributed by atoms with Gasteiger partial charge in [0.15, 0.2) is 0 Å². The van der Waals surface area contributed by atoms with E-state index in [1.54, 1.807) is 11.3 Å². The van der Waals surface area contributed by atoms with Crippen LogP contribution in [0.1, 0.15) is 18.2 Å². The summed E-state index contributed by atoms with van der Waals surface area (Å²) in [6, 6.07) is 9.78. The van der Waals surface area contributed by atoms with Crippen LogP contribution < -0.4 is 10.6 Å². The standard InChI is InChI=1S/C14H15BrN2OS/c1-2-14(18)17-11-5-3-10(4-6-11)16-9-13-12(15)7-8-19-13/h3-8,16H,2,9H2,1H3,(H,17,18). The van der Waals surface area contributed by atoms with Crippen LogP contribution in [-0.4, -0.2) is 5.91 Å². The Labute approximate surface area is 125 Å². The van der Waals surface area contributed by atoms with Gasteiger partial charge in [0.1, 0.15) is 0 Å². The van der Waals surface area contributed by atoms with Gasteiger partial charge in [-0.1, -0.05) is 6.92 Å². The van der Waals surface area contributed by atoms with Gasteiger partial charge >= 0.3 is 0 Å². The van der Waals surface area contributed by atoms with Crippen molar-refractivity contribution in [3.05, 3.63) is 45.1 Å². The summed E-state index contributed by atoms with van der Waals surface area (Å²) in [5, 5.41) is 8.24. The number of rotatable bonds is 5. The number of carbonyl (C=O) groups excluding carboxylic acids is 1. The minimum atomic E-state index is 0.0308. The number of hydrogen-bond donors (Lipinski definition) is 2. The third-order valence-corrected chi connectivity index (χ3v) is 4.56. The number of carbonyl (C=O) groups is 1. The molecule has 0 aliphatic rings. The highest BCUT2D eigenvalue weighted by Gasteiger charge is 2.02. The van der Waals surface area contributed by atoms with Gasteiger partial charge in [-0.3, -0.25) is 4.79 Å². The minimum Gasteiger partial charge on any atom is -0.380 e. The maximum atomic E-state index is 11.3. The Hall–Kier alpha value is -1.33. The van der Waals surface area contributed by atoms with Crippen molar-refractivity contribution in [2.75, 3.05) is 10.6 Å². The molecule has 0 atom stereocenters. The van der Waals surface area contributed by atoms with Crippen molar-refractivity contribution in [2.45, 2.75) is 19.9 Å². The molecule has 0 spiro atoms. The summed E-state index contributed by atoms with van der Waals surface area (Å²) < 4.78 is 1.14. The lowest BCUT2D eigenvalue weighted by molar-refractivity contribution is -0.115. The second-order valence-electron chi connectivity index (χ2n) is 4.02. The van der Waals surface area contributed by atoms with E-state index in [1.165, 1.54) is 4.88 Å². The van der Waals surface area contributed by atoms with Crippen LogP contribution in [0.25, 0.3) is 0 Å². The third kappa shape index (κ3) is 4.08. The zero-order valence-electron chi connectivity index (χ0n) is 10.6. The first kappa shape index (κ1) is 14.1. The van der Waals surface area contributed by atoms with Crippen LogP contribution in [-0.2, 0) is 11.3 Å². The van der Waals surface area contributed by atoms with Gasteiger partial charge in [-0.2, -0.15) is 0 Å². The molecule has 0 aliphatic heterocycles. The highest BCUT2D eigenvalue weighted by Crippen LogP contribution is 2.24. The fourth-order valence-electron chi connectivity index (χ4n) is 1.55. The summed E-state index contributed by atoms with van der Waals surface area (Å²) in [6.45, 7) is 2.63. The van der Waals surface area contributed by atoms with E-state index in [2.05, 4.69) is 31.9 Å². The first-order chi connectivity index (χ1) is 9.19. The third-order valence-electron chi connectivity index (χ3n) is 2.63. The highest BCUT2D eigenvalue weighted by atomic mass is 79.9. The topological polar surface area (TPSA) is 41.1 Å². The second-order valence-corrected chi connectivity index (χ2v) is 5.88. The van der Waals surface area contributed by atoms with Gasteiger partial charge in [-0.05, 0) is 51.6 Å². The monoisotopic (exact) mass is 338 g/mol. The van der Waals surface area contributed by atoms with E-state index in [0.29, 0.717) is 6.42 Å². The number of benzene rings is 1. The summed E-state index contributed by atoms with van der Waals surface area (Å²) in [6.07, 6.45) is 0.492. The maximum Gasteiger partial charge on any atom is 0.224 e. The lowest BCUT2D eigenvalue weighted by atomic mass is 10.2. The predicted molar refractivity (Wildman–Crippen MR) is 84.7 cm³/mol. The first-order valence-electron chi connectivity index (χ1n) is 6.04. The molecular weight excluding hydrogens is 324 g/mol. The molecular formula is C14H15BrN2OS. The summed E-state index contributed by atoms with van der Waals surface area (Å²) in [4.78, 5) is 12.5. The van der Waals surface area contributed by atoms with Gasteiger partial charge in [0.2, 0.25) is 5.91 Å². The van der Waals surface area contributed by atoms with Gasteiger partial charge in [-0.15, -0.1) is 11.3 Å². The SMILES string of the molecule is CCC(=O)Nc1ccc(NCc2sccc2Br)cc1. The van der Waals surface area contributed by atoms with E-state index in [1.807, 2.05) is 37.3 Å². The van der Waals surface area contributed by atoms with E-state index in [9.17, 15) is 4.79 Å². The van der Waals surface area contributed by atoms with E-state index < -0.39 is 0 Å². The molecule has 0 saturated heterocycles. The Morgan fingerprint density at radius 3 is 2.47 bits per heavy atom. The molecule has 0 aliphatic carbocycles. The molecule has 1 heterocycles. The quantitative estimate of drug-likeness (QED) is 0.844. The molecule has 1 aromatic heterocycles. The maximum absolute atomic E-state index is 11.3. The van der Waals surface area contributed by atoms with Gasteiger partial charge < -0.3 is 10.6 Å². The van der Waals surface area contributed by atoms with Crippen LogP contribution in [0.4, 0.5) is 11.4 Å². The Morgan fingerprint density at radius 2 is 1.89 bits per heavy atom. The number of amides is 1. The molecule has 100 valence electrons. The van der Waals surface area contributed by atoms with Crippen molar-refractivity contribution >= 4 is 44.5 Å². The highest BCUT2D eigenvalue weighted by molar-refractivity contribution is 9.10. The van der Waals surface area contributed by atoms with Crippen molar-refractivity contribution in [3.63, 3.8) is 0 Å². The summed E-state index contributed by atoms with van der Waals surface area (Å²) in [5.41, 5.74) is 1.87. The van der Waals surface area contributed by atoms with Crippen LogP contribution in [0, 0.1) is 0 Å². The van der Waals surface area contributed by atoms with E-state index in [0.717, 1.165) is 22.4 Å². The van der Waals surface area contributed by atoms with E-state index in [-0.39, 0.29) is 5.91 Å². The fourth-order valence-corrected chi connectivity index (χ4v) is 2.99. The number of anilines is 2. The number of hydrogen-bond acceptors (Lipinski definition) is 3. The second kappa shape index (κ2) is 6.73. The number of thiophene rings is 1. The van der Waals surface area contributed by atoms with Crippen LogP contribution in [0.5, 0.6) is 0 Å². The molecule has 1 amide bonds. The molecule has 3 nitrogen and oxygen atoms in total. The van der Waals surface area contributed by atoms with Crippen LogP contribution in [0.15, 0.2) is 40.2 Å². The van der Waals surface area contributed by atoms with Crippen molar-refractivity contribution in [2.24, 2.45) is 0 Å². The van der Waals surface area contributed by atoms with E-state index in [4.69, 9.17) is 0 Å². The van der Waals surface area contributed by atoms with Crippen LogP contribution >= 0.6 is 27.3 Å². The van der Waals surface area contributed by atoms with Gasteiger partial charge in [0, 0.05) is 27.1 Å². The Bertz CT molecular complexity index is 551. The zero-order chi connectivity index (χ0) is 13.7. The van der Waals surface area contributed by atoms with Crippen molar-refractivity contribution in [1.29, 1.82) is 0 Å². The van der Waals surface area contributed by atoms with Crippen LogP contribution in [0.2, 0.25) is 0 Å². The first-order valence-corrected chi connectivity index (χ1v) is 7.72. The number of nitrogens with one attached hydrogen (secondary N) is 2. The molecule has 2 rings (SSSR count). The molecule has 0 saturated carbocycles. The largest absolute Gasteiger partial charge is 0.380 e. The van der Waals surface area contributed by atoms with Crippen molar-refractivity contribution < 1.29 is 4.79 Å². The van der Waals surface area contributed by atoms with Crippen LogP contribution in [0.3, 0.4) is 0 Å². The van der Waals surface area contributed by atoms with Gasteiger partial charge in [0.05, 0.1) is 6.54 Å². The smallest absolute Gasteiger partial charge is 0.224 e. The Balaban J connectivity index is 1.92. The zero-order valence-corrected chi connectivity index (χ0v) is 13.0. The lowest BCUT2D eigenvalue weighted by Gasteiger charge is -2.07. The van der Waals surface area contributed by atoms with Gasteiger partial charge in [0.25, 0.3) is 0 Å². The molecule has 2 N–H and O–H groups in total. The molecule has 19 heavy (non-hydrogen) atoms. The summed E-state index contributed by atoms with van der Waals surface area (Å²) in [7, 11) is 0. The summed E-state index contributed by atoms with van der Waals surface area (Å²) >= 11 is 5.23. The van der Waals surface area contributed by atoms with Crippen molar-refractivity contribution in [3.8, 4) is 0 Å². The van der Waals surface area contributed by atoms with Gasteiger partial charge in [-0.25, -0.2) is 0 Å². The average Bonchev–Trinajstić information content (AvgIpc) is 2.83. The molecule has 5 heteroatoms. The molecule has 1 aromatic carbocycles. The van der Waals surface area contributed by atoms with Crippen molar-refractivity contribution in [1.82, 2.24) is 0 Å². The molecule has 0 bridgehead atoms. The average molecular weight is 339 g/mol. The fraction of sp³-hybridized carbons (Fsp3) is 0.214. The molecule has 0 fully saturated rings. The van der Waals surface area contributed by atoms with E-state index >= 15 is 0 Å². The molecule has 2 aromatic rings. The predicted octanol–water partition coefficient (Wildman–Crippen LogP) is 4.47. The lowest BCUT2D eigenvalue weighted by Crippen LogP contribution is -2.09. The summed E-state index contributed by atoms with van der Waals surface area (Å²) in [5.74, 6) is 0.0308. The molecule has 0 radical (unpaired) electrons. The Morgan fingerprint density at radius 1 is 1.21 bits per heavy atom. The minimum absolute atomic E-state index is 0.0308.